The number of unbranched alkanes of at least 4 members (excludes halogenated alkanes) is 37. The van der Waals surface area contributed by atoms with Crippen LogP contribution in [-0.2, 0) is 28.6 Å². The van der Waals surface area contributed by atoms with Crippen LogP contribution >= 0.6 is 0 Å². The Kier molecular flexibility index (Phi) is 59.2. The van der Waals surface area contributed by atoms with Crippen LogP contribution in [-0.4, -0.2) is 37.2 Å². The van der Waals surface area contributed by atoms with E-state index in [2.05, 4.69) is 81.5 Å². The summed E-state index contributed by atoms with van der Waals surface area (Å²) in [5.74, 6) is -0.882. The minimum atomic E-state index is -0.782. The van der Waals surface area contributed by atoms with Gasteiger partial charge < -0.3 is 14.2 Å². The fourth-order valence-electron chi connectivity index (χ4n) is 9.15. The molecular formula is C67H120O6. The molecule has 0 heterocycles. The Morgan fingerprint density at radius 3 is 0.795 bits per heavy atom. The second-order valence-electron chi connectivity index (χ2n) is 21.3. The van der Waals surface area contributed by atoms with Gasteiger partial charge in [0.15, 0.2) is 6.10 Å². The first kappa shape index (κ1) is 70.1. The van der Waals surface area contributed by atoms with Crippen LogP contribution < -0.4 is 0 Å². The Morgan fingerprint density at radius 1 is 0.274 bits per heavy atom. The molecule has 6 nitrogen and oxygen atoms in total. The van der Waals surface area contributed by atoms with Crippen molar-refractivity contribution in [1.29, 1.82) is 0 Å². The Bertz CT molecular complexity index is 1310. The van der Waals surface area contributed by atoms with Crippen LogP contribution in [0.3, 0.4) is 0 Å². The lowest BCUT2D eigenvalue weighted by atomic mass is 10.1. The third kappa shape index (κ3) is 59.9. The molecule has 0 amide bonds. The number of carbonyl (C=O) groups excluding carboxylic acids is 3. The fourth-order valence-corrected chi connectivity index (χ4v) is 9.15. The van der Waals surface area contributed by atoms with Gasteiger partial charge in [-0.3, -0.25) is 14.4 Å². The first-order chi connectivity index (χ1) is 36.0. The molecule has 424 valence electrons. The monoisotopic (exact) mass is 1020 g/mol. The molecule has 0 spiro atoms. The highest BCUT2D eigenvalue weighted by atomic mass is 16.6. The highest BCUT2D eigenvalue weighted by Crippen LogP contribution is 2.16. The summed E-state index contributed by atoms with van der Waals surface area (Å²) in [4.78, 5) is 38.3. The molecule has 0 aromatic rings. The lowest BCUT2D eigenvalue weighted by Crippen LogP contribution is -2.30. The second-order valence-corrected chi connectivity index (χ2v) is 21.3. The number of carbonyl (C=O) groups is 3. The summed E-state index contributed by atoms with van der Waals surface area (Å²) in [6.07, 6.45) is 77.9. The van der Waals surface area contributed by atoms with Gasteiger partial charge in [0, 0.05) is 19.3 Å². The first-order valence-electron chi connectivity index (χ1n) is 31.8. The fraction of sp³-hybridized carbons (Fsp3) is 0.806. The van der Waals surface area contributed by atoms with Crippen LogP contribution in [0, 0.1) is 0 Å². The van der Waals surface area contributed by atoms with Crippen LogP contribution in [0.15, 0.2) is 60.8 Å². The number of allylic oxidation sites excluding steroid dienone is 10. The Morgan fingerprint density at radius 2 is 0.493 bits per heavy atom. The maximum Gasteiger partial charge on any atom is 0.306 e. The number of hydrogen-bond donors (Lipinski definition) is 0. The minimum absolute atomic E-state index is 0.0800. The van der Waals surface area contributed by atoms with Crippen LogP contribution in [0.25, 0.3) is 0 Å². The van der Waals surface area contributed by atoms with E-state index in [0.29, 0.717) is 19.3 Å². The van der Waals surface area contributed by atoms with Gasteiger partial charge in [0.2, 0.25) is 0 Å². The van der Waals surface area contributed by atoms with Crippen molar-refractivity contribution in [2.24, 2.45) is 0 Å². The van der Waals surface area contributed by atoms with E-state index in [4.69, 9.17) is 14.2 Å². The smallest absolute Gasteiger partial charge is 0.306 e. The molecule has 0 aromatic carbocycles. The summed E-state index contributed by atoms with van der Waals surface area (Å²) < 4.78 is 16.9. The van der Waals surface area contributed by atoms with Crippen molar-refractivity contribution < 1.29 is 28.6 Å². The number of esters is 3. The zero-order chi connectivity index (χ0) is 52.9. The molecular weight excluding hydrogens is 901 g/mol. The van der Waals surface area contributed by atoms with Gasteiger partial charge in [0.25, 0.3) is 0 Å². The van der Waals surface area contributed by atoms with E-state index < -0.39 is 6.10 Å². The van der Waals surface area contributed by atoms with E-state index in [1.807, 2.05) is 0 Å². The Balaban J connectivity index is 4.33. The molecule has 0 fully saturated rings. The molecule has 73 heavy (non-hydrogen) atoms. The van der Waals surface area contributed by atoms with E-state index in [-0.39, 0.29) is 31.1 Å². The van der Waals surface area contributed by atoms with Crippen molar-refractivity contribution in [3.63, 3.8) is 0 Å². The van der Waals surface area contributed by atoms with Crippen molar-refractivity contribution in [3.8, 4) is 0 Å². The van der Waals surface area contributed by atoms with Crippen LogP contribution in [0.5, 0.6) is 0 Å². The maximum absolute atomic E-state index is 12.9. The van der Waals surface area contributed by atoms with Crippen molar-refractivity contribution in [1.82, 2.24) is 0 Å². The van der Waals surface area contributed by atoms with Crippen LogP contribution in [0.4, 0.5) is 0 Å². The van der Waals surface area contributed by atoms with Crippen LogP contribution in [0.2, 0.25) is 0 Å². The SMILES string of the molecule is CCCCCC/C=C\CCCCCCCC(=O)OCC(COC(=O)CCCCCCCCCC/C=C\C/C=C\C/C=C\CCCCCCC)OC(=O)CCCCCCCCCCC/C=C\CCCCCCCC. The predicted molar refractivity (Wildman–Crippen MR) is 316 cm³/mol. The molecule has 0 aliphatic heterocycles. The van der Waals surface area contributed by atoms with Gasteiger partial charge in [-0.2, -0.15) is 0 Å². The molecule has 0 bridgehead atoms. The average Bonchev–Trinajstić information content (AvgIpc) is 3.39. The molecule has 6 heteroatoms. The minimum Gasteiger partial charge on any atom is -0.462 e. The van der Waals surface area contributed by atoms with E-state index in [9.17, 15) is 14.4 Å². The van der Waals surface area contributed by atoms with Crippen molar-refractivity contribution in [2.45, 2.75) is 335 Å². The Hall–Kier alpha value is -2.89. The molecule has 0 aliphatic carbocycles. The summed E-state index contributed by atoms with van der Waals surface area (Å²) >= 11 is 0. The van der Waals surface area contributed by atoms with Crippen molar-refractivity contribution >= 4 is 17.9 Å². The topological polar surface area (TPSA) is 78.9 Å². The molecule has 0 aliphatic rings. The molecule has 0 aromatic heterocycles. The molecule has 0 N–H and O–H groups in total. The van der Waals surface area contributed by atoms with E-state index in [1.165, 1.54) is 205 Å². The quantitative estimate of drug-likeness (QED) is 0.0261. The van der Waals surface area contributed by atoms with Gasteiger partial charge in [-0.1, -0.05) is 261 Å². The van der Waals surface area contributed by atoms with Gasteiger partial charge >= 0.3 is 17.9 Å². The zero-order valence-electron chi connectivity index (χ0n) is 48.7. The number of rotatable bonds is 58. The highest BCUT2D eigenvalue weighted by Gasteiger charge is 2.19. The van der Waals surface area contributed by atoms with Gasteiger partial charge in [-0.15, -0.1) is 0 Å². The van der Waals surface area contributed by atoms with Crippen molar-refractivity contribution in [2.75, 3.05) is 13.2 Å². The zero-order valence-corrected chi connectivity index (χ0v) is 48.7. The standard InChI is InChI=1S/C67H120O6/c1-4-7-10-13-16-19-22-25-27-29-31-32-33-34-36-37-39-42-45-48-51-54-57-60-66(69)72-63-64(62-71-65(68)59-56-53-50-47-44-41-24-21-18-15-12-9-6-3)73-67(70)61-58-55-52-49-46-43-40-38-35-30-28-26-23-20-17-14-11-8-5-2/h21-22,24-26,28-29,31,33-34,64H,4-20,23,27,30,32,35-63H2,1-3H3/b24-21-,25-22-,28-26-,31-29-,34-33-. The Labute approximate surface area is 453 Å². The number of ether oxygens (including phenoxy) is 3. The molecule has 1 unspecified atom stereocenters. The van der Waals surface area contributed by atoms with E-state index in [0.717, 1.165) is 83.5 Å². The summed E-state index contributed by atoms with van der Waals surface area (Å²) in [5, 5.41) is 0. The average molecular weight is 1020 g/mol. The predicted octanol–water partition coefficient (Wildman–Crippen LogP) is 21.6. The summed E-state index contributed by atoms with van der Waals surface area (Å²) in [6.45, 7) is 6.63. The van der Waals surface area contributed by atoms with Gasteiger partial charge in [0.05, 0.1) is 0 Å². The molecule has 0 saturated carbocycles. The van der Waals surface area contributed by atoms with Crippen LogP contribution in [0.1, 0.15) is 329 Å². The molecule has 0 saturated heterocycles. The third-order valence-corrected chi connectivity index (χ3v) is 14.0. The van der Waals surface area contributed by atoms with Gasteiger partial charge in [0.1, 0.15) is 13.2 Å². The summed E-state index contributed by atoms with van der Waals surface area (Å²) in [7, 11) is 0. The highest BCUT2D eigenvalue weighted by molar-refractivity contribution is 5.71. The number of hydrogen-bond acceptors (Lipinski definition) is 6. The summed E-state index contributed by atoms with van der Waals surface area (Å²) in [6, 6.07) is 0. The lowest BCUT2D eigenvalue weighted by molar-refractivity contribution is -0.167. The van der Waals surface area contributed by atoms with E-state index >= 15 is 0 Å². The molecule has 1 atom stereocenters. The maximum atomic E-state index is 12.9. The second kappa shape index (κ2) is 61.7. The van der Waals surface area contributed by atoms with Gasteiger partial charge in [-0.25, -0.2) is 0 Å². The normalized spacial score (nSPS) is 12.4. The molecule has 0 rings (SSSR count). The largest absolute Gasteiger partial charge is 0.462 e. The van der Waals surface area contributed by atoms with E-state index in [1.54, 1.807) is 0 Å². The molecule has 0 radical (unpaired) electrons. The summed E-state index contributed by atoms with van der Waals surface area (Å²) in [5.41, 5.74) is 0. The van der Waals surface area contributed by atoms with Gasteiger partial charge in [-0.05, 0) is 109 Å². The lowest BCUT2D eigenvalue weighted by Gasteiger charge is -2.18. The van der Waals surface area contributed by atoms with Crippen molar-refractivity contribution in [3.05, 3.63) is 60.8 Å². The first-order valence-corrected chi connectivity index (χ1v) is 31.8. The third-order valence-electron chi connectivity index (χ3n) is 14.0.